The van der Waals surface area contributed by atoms with Crippen molar-refractivity contribution in [3.8, 4) is 0 Å². The number of anilines is 2. The third-order valence-corrected chi connectivity index (χ3v) is 5.69. The van der Waals surface area contributed by atoms with E-state index in [0.29, 0.717) is 15.2 Å². The van der Waals surface area contributed by atoms with Crippen molar-refractivity contribution in [3.05, 3.63) is 57.0 Å². The highest BCUT2D eigenvalue weighted by Crippen LogP contribution is 2.28. The first kappa shape index (κ1) is 19.1. The van der Waals surface area contributed by atoms with Gasteiger partial charge in [0.05, 0.1) is 22.0 Å². The molecule has 0 atom stereocenters. The minimum atomic E-state index is -3.69. The van der Waals surface area contributed by atoms with Crippen molar-refractivity contribution in [1.29, 1.82) is 0 Å². The lowest BCUT2D eigenvalue weighted by atomic mass is 10.3. The number of nitrogens with one attached hydrogen (secondary N) is 1. The second-order valence-corrected chi connectivity index (χ2v) is 8.47. The summed E-state index contributed by atoms with van der Waals surface area (Å²) in [6, 6.07) is 11.3. The van der Waals surface area contributed by atoms with E-state index >= 15 is 0 Å². The van der Waals surface area contributed by atoms with E-state index in [4.69, 9.17) is 23.2 Å². The smallest absolute Gasteiger partial charge is 0.245 e. The number of nitrogens with zero attached hydrogens (tertiary/aromatic N) is 1. The van der Waals surface area contributed by atoms with E-state index in [1.165, 1.54) is 6.07 Å². The summed E-state index contributed by atoms with van der Waals surface area (Å²) in [5, 5.41) is 3.28. The van der Waals surface area contributed by atoms with Crippen LogP contribution in [-0.4, -0.2) is 27.1 Å². The lowest BCUT2D eigenvalue weighted by Crippen LogP contribution is -2.37. The zero-order valence-corrected chi connectivity index (χ0v) is 16.4. The van der Waals surface area contributed by atoms with Gasteiger partial charge < -0.3 is 5.32 Å². The van der Waals surface area contributed by atoms with Crippen molar-refractivity contribution < 1.29 is 13.2 Å². The molecule has 1 N–H and O–H groups in total. The minimum absolute atomic E-state index is 0.238. The molecule has 24 heavy (non-hydrogen) atoms. The molecule has 2 rings (SSSR count). The molecule has 0 aliphatic rings. The van der Waals surface area contributed by atoms with E-state index in [2.05, 4.69) is 21.2 Å². The Kier molecular flexibility index (Phi) is 6.14. The Hall–Kier alpha value is -1.28. The van der Waals surface area contributed by atoms with E-state index < -0.39 is 22.5 Å². The zero-order valence-electron chi connectivity index (χ0n) is 12.5. The van der Waals surface area contributed by atoms with Gasteiger partial charge >= 0.3 is 0 Å². The number of benzene rings is 2. The molecule has 2 aromatic rings. The summed E-state index contributed by atoms with van der Waals surface area (Å²) in [7, 11) is -3.69. The molecule has 0 aliphatic carbocycles. The molecule has 0 radical (unpaired) electrons. The quantitative estimate of drug-likeness (QED) is 0.741. The molecule has 0 aliphatic heterocycles. The van der Waals surface area contributed by atoms with E-state index in [9.17, 15) is 13.2 Å². The molecule has 9 heteroatoms. The summed E-state index contributed by atoms with van der Waals surface area (Å²) < 4.78 is 25.7. The van der Waals surface area contributed by atoms with Gasteiger partial charge in [-0.15, -0.1) is 0 Å². The fourth-order valence-corrected chi connectivity index (χ4v) is 3.52. The Bertz CT molecular complexity index is 875. The van der Waals surface area contributed by atoms with Gasteiger partial charge in [0, 0.05) is 10.2 Å². The minimum Gasteiger partial charge on any atom is -0.324 e. The van der Waals surface area contributed by atoms with Gasteiger partial charge in [0.15, 0.2) is 0 Å². The lowest BCUT2D eigenvalue weighted by molar-refractivity contribution is -0.114. The highest BCUT2D eigenvalue weighted by Gasteiger charge is 2.22. The van der Waals surface area contributed by atoms with Crippen molar-refractivity contribution in [2.45, 2.75) is 0 Å². The maximum absolute atomic E-state index is 12.2. The molecule has 0 unspecified atom stereocenters. The predicted molar refractivity (Wildman–Crippen MR) is 101 cm³/mol. The molecule has 2 aromatic carbocycles. The highest BCUT2D eigenvalue weighted by molar-refractivity contribution is 9.10. The Morgan fingerprint density at radius 1 is 1.17 bits per heavy atom. The topological polar surface area (TPSA) is 66.5 Å². The first-order valence-corrected chi connectivity index (χ1v) is 10.1. The first-order valence-electron chi connectivity index (χ1n) is 6.65. The fourth-order valence-electron chi connectivity index (χ4n) is 1.94. The number of hydrogen-bond donors (Lipinski definition) is 1. The molecule has 128 valence electrons. The van der Waals surface area contributed by atoms with E-state index in [1.807, 2.05) is 0 Å². The van der Waals surface area contributed by atoms with Crippen LogP contribution in [0.1, 0.15) is 0 Å². The van der Waals surface area contributed by atoms with E-state index in [-0.39, 0.29) is 10.7 Å². The largest absolute Gasteiger partial charge is 0.324 e. The van der Waals surface area contributed by atoms with E-state index in [1.54, 1.807) is 36.4 Å². The lowest BCUT2D eigenvalue weighted by Gasteiger charge is -2.22. The van der Waals surface area contributed by atoms with Crippen LogP contribution in [0.15, 0.2) is 46.9 Å². The number of rotatable bonds is 5. The van der Waals surface area contributed by atoms with Crippen molar-refractivity contribution in [2.75, 3.05) is 22.4 Å². The van der Waals surface area contributed by atoms with Crippen molar-refractivity contribution >= 4 is 66.4 Å². The molecular weight excluding hydrogens is 439 g/mol. The number of hydrogen-bond acceptors (Lipinski definition) is 3. The molecule has 0 spiro atoms. The number of para-hydroxylation sites is 1. The van der Waals surface area contributed by atoms with Gasteiger partial charge in [-0.1, -0.05) is 35.3 Å². The van der Waals surface area contributed by atoms with Crippen molar-refractivity contribution in [2.24, 2.45) is 0 Å². The third kappa shape index (κ3) is 4.86. The van der Waals surface area contributed by atoms with Gasteiger partial charge in [0.2, 0.25) is 15.9 Å². The Labute approximate surface area is 158 Å². The average molecular weight is 452 g/mol. The maximum Gasteiger partial charge on any atom is 0.245 e. The van der Waals surface area contributed by atoms with Crippen molar-refractivity contribution in [3.63, 3.8) is 0 Å². The fraction of sp³-hybridized carbons (Fsp3) is 0.133. The number of carbonyl (C=O) groups excluding carboxylic acids is 1. The molecule has 1 amide bonds. The van der Waals surface area contributed by atoms with Gasteiger partial charge in [-0.05, 0) is 46.3 Å². The molecule has 0 heterocycles. The maximum atomic E-state index is 12.2. The number of carbonyl (C=O) groups is 1. The normalized spacial score (nSPS) is 11.2. The van der Waals surface area contributed by atoms with Crippen LogP contribution >= 0.6 is 39.1 Å². The SMILES string of the molecule is CS(=O)(=O)N(CC(=O)Nc1ccc(Br)c(Cl)c1)c1ccccc1Cl. The van der Waals surface area contributed by atoms with Crippen LogP contribution in [0.5, 0.6) is 0 Å². The zero-order chi connectivity index (χ0) is 17.9. The van der Waals surface area contributed by atoms with Crippen LogP contribution < -0.4 is 9.62 Å². The predicted octanol–water partition coefficient (Wildman–Crippen LogP) is 4.16. The monoisotopic (exact) mass is 450 g/mol. The molecule has 0 aromatic heterocycles. The van der Waals surface area contributed by atoms with Crippen LogP contribution in [0.4, 0.5) is 11.4 Å². The highest BCUT2D eigenvalue weighted by atomic mass is 79.9. The number of sulfonamides is 1. The van der Waals surface area contributed by atoms with Gasteiger partial charge in [-0.3, -0.25) is 9.10 Å². The second kappa shape index (κ2) is 7.74. The molecule has 5 nitrogen and oxygen atoms in total. The summed E-state index contributed by atoms with van der Waals surface area (Å²) in [5.41, 5.74) is 0.700. The summed E-state index contributed by atoms with van der Waals surface area (Å²) in [5.74, 6) is -0.515. The first-order chi connectivity index (χ1) is 11.2. The van der Waals surface area contributed by atoms with Gasteiger partial charge in [0.1, 0.15) is 6.54 Å². The molecule has 0 bridgehead atoms. The second-order valence-electron chi connectivity index (χ2n) is 4.90. The Balaban J connectivity index is 2.22. The number of amides is 1. The van der Waals surface area contributed by atoms with Crippen LogP contribution in [0.3, 0.4) is 0 Å². The van der Waals surface area contributed by atoms with Crippen LogP contribution in [0.25, 0.3) is 0 Å². The number of halogens is 3. The standard InChI is InChI=1S/C15H13BrCl2N2O3S/c1-24(22,23)20(14-5-3-2-4-12(14)17)9-15(21)19-10-6-7-11(16)13(18)8-10/h2-8H,9H2,1H3,(H,19,21). The summed E-state index contributed by atoms with van der Waals surface area (Å²) in [4.78, 5) is 12.2. The molecule has 0 fully saturated rings. The van der Waals surface area contributed by atoms with E-state index in [0.717, 1.165) is 10.6 Å². The summed E-state index contributed by atoms with van der Waals surface area (Å²) >= 11 is 15.3. The van der Waals surface area contributed by atoms with Gasteiger partial charge in [-0.25, -0.2) is 8.42 Å². The summed E-state index contributed by atoms with van der Waals surface area (Å²) in [6.07, 6.45) is 1.01. The van der Waals surface area contributed by atoms with Crippen LogP contribution in [0.2, 0.25) is 10.0 Å². The van der Waals surface area contributed by atoms with Crippen LogP contribution in [0, 0.1) is 0 Å². The third-order valence-electron chi connectivity index (χ3n) is 3.01. The average Bonchev–Trinajstić information content (AvgIpc) is 2.48. The Morgan fingerprint density at radius 3 is 2.42 bits per heavy atom. The molecule has 0 saturated heterocycles. The van der Waals surface area contributed by atoms with Gasteiger partial charge in [-0.2, -0.15) is 0 Å². The Morgan fingerprint density at radius 2 is 1.83 bits per heavy atom. The van der Waals surface area contributed by atoms with Gasteiger partial charge in [0.25, 0.3) is 0 Å². The van der Waals surface area contributed by atoms with Crippen LogP contribution in [-0.2, 0) is 14.8 Å². The molecular formula is C15H13BrCl2N2O3S. The van der Waals surface area contributed by atoms with Crippen molar-refractivity contribution in [1.82, 2.24) is 0 Å². The molecule has 0 saturated carbocycles. The summed E-state index contributed by atoms with van der Waals surface area (Å²) in [6.45, 7) is -0.406.